The van der Waals surface area contributed by atoms with Gasteiger partial charge in [-0.2, -0.15) is 21.6 Å². The van der Waals surface area contributed by atoms with Gasteiger partial charge >= 0.3 is 15.5 Å². The number of halogens is 4. The van der Waals surface area contributed by atoms with Crippen LogP contribution in [0.25, 0.3) is 0 Å². The second-order valence-electron chi connectivity index (χ2n) is 5.95. The van der Waals surface area contributed by atoms with Gasteiger partial charge in [0.25, 0.3) is 5.91 Å². The fourth-order valence-corrected chi connectivity index (χ4v) is 3.66. The molecule has 1 aliphatic rings. The van der Waals surface area contributed by atoms with Crippen molar-refractivity contribution in [3.05, 3.63) is 64.2 Å². The number of fused-ring (bicyclic) bond motifs is 1. The maximum atomic E-state index is 12.7. The molecule has 0 atom stereocenters. The van der Waals surface area contributed by atoms with Crippen molar-refractivity contribution in [3.63, 3.8) is 0 Å². The average molecular weight is 419 g/mol. The number of nitrogens with zero attached hydrogens (tertiary/aromatic N) is 1. The Morgan fingerprint density at radius 2 is 1.81 bits per heavy atom. The SMILES string of the molecule is O=C1c2ccccc2CCN1Cc1c(Cl)cccc1NS(=O)(=O)C(F)(F)F. The summed E-state index contributed by atoms with van der Waals surface area (Å²) in [4.78, 5) is 14.1. The van der Waals surface area contributed by atoms with Gasteiger partial charge in [0.2, 0.25) is 0 Å². The number of benzene rings is 2. The van der Waals surface area contributed by atoms with E-state index >= 15 is 0 Å². The molecule has 1 amide bonds. The largest absolute Gasteiger partial charge is 0.516 e. The summed E-state index contributed by atoms with van der Waals surface area (Å²) in [6, 6.07) is 11.0. The standard InChI is InChI=1S/C17H14ClF3N2O3S/c18-14-6-3-7-15(22-27(25,26)17(19,20)21)13(14)10-23-9-8-11-4-1-2-5-12(11)16(23)24/h1-7,22H,8-10H2. The van der Waals surface area contributed by atoms with E-state index in [1.807, 2.05) is 12.1 Å². The molecular formula is C17H14ClF3N2O3S. The average Bonchev–Trinajstić information content (AvgIpc) is 2.59. The van der Waals surface area contributed by atoms with Crippen molar-refractivity contribution in [2.45, 2.75) is 18.5 Å². The van der Waals surface area contributed by atoms with Gasteiger partial charge in [-0.15, -0.1) is 0 Å². The van der Waals surface area contributed by atoms with Crippen molar-refractivity contribution in [2.75, 3.05) is 11.3 Å². The normalized spacial score (nSPS) is 14.8. The zero-order chi connectivity index (χ0) is 19.8. The highest BCUT2D eigenvalue weighted by atomic mass is 35.5. The molecule has 1 heterocycles. The van der Waals surface area contributed by atoms with Gasteiger partial charge in [-0.3, -0.25) is 9.52 Å². The van der Waals surface area contributed by atoms with Crippen molar-refractivity contribution in [3.8, 4) is 0 Å². The van der Waals surface area contributed by atoms with E-state index in [-0.39, 0.29) is 28.7 Å². The van der Waals surface area contributed by atoms with Crippen LogP contribution in [0.1, 0.15) is 21.5 Å². The lowest BCUT2D eigenvalue weighted by molar-refractivity contribution is -0.0429. The molecule has 0 saturated carbocycles. The highest BCUT2D eigenvalue weighted by Crippen LogP contribution is 2.32. The first-order valence-corrected chi connectivity index (χ1v) is 9.70. The summed E-state index contributed by atoms with van der Waals surface area (Å²) in [5.41, 5.74) is -4.29. The molecule has 27 heavy (non-hydrogen) atoms. The topological polar surface area (TPSA) is 66.5 Å². The van der Waals surface area contributed by atoms with Gasteiger partial charge in [-0.1, -0.05) is 35.9 Å². The van der Waals surface area contributed by atoms with E-state index in [1.165, 1.54) is 27.8 Å². The van der Waals surface area contributed by atoms with Crippen molar-refractivity contribution in [2.24, 2.45) is 0 Å². The molecule has 1 aliphatic heterocycles. The number of carbonyl (C=O) groups excluding carboxylic acids is 1. The molecular weight excluding hydrogens is 405 g/mol. The number of hydrogen-bond acceptors (Lipinski definition) is 3. The highest BCUT2D eigenvalue weighted by molar-refractivity contribution is 7.93. The Morgan fingerprint density at radius 1 is 1.11 bits per heavy atom. The number of hydrogen-bond donors (Lipinski definition) is 1. The van der Waals surface area contributed by atoms with Crippen LogP contribution in [0.5, 0.6) is 0 Å². The molecule has 0 bridgehead atoms. The maximum Gasteiger partial charge on any atom is 0.516 e. The molecule has 0 aliphatic carbocycles. The molecule has 1 N–H and O–H groups in total. The second-order valence-corrected chi connectivity index (χ2v) is 8.03. The van der Waals surface area contributed by atoms with Gasteiger partial charge in [-0.25, -0.2) is 0 Å². The summed E-state index contributed by atoms with van der Waals surface area (Å²) in [6.45, 7) is 0.217. The highest BCUT2D eigenvalue weighted by Gasteiger charge is 2.46. The van der Waals surface area contributed by atoms with Crippen molar-refractivity contribution >= 4 is 33.2 Å². The van der Waals surface area contributed by atoms with Gasteiger partial charge < -0.3 is 4.90 Å². The predicted molar refractivity (Wildman–Crippen MR) is 94.9 cm³/mol. The molecule has 144 valence electrons. The zero-order valence-corrected chi connectivity index (χ0v) is 15.3. The Hall–Kier alpha value is -2.26. The van der Waals surface area contributed by atoms with Crippen molar-refractivity contribution < 1.29 is 26.4 Å². The third-order valence-electron chi connectivity index (χ3n) is 4.20. The van der Waals surface area contributed by atoms with E-state index in [0.717, 1.165) is 5.56 Å². The van der Waals surface area contributed by atoms with Gasteiger partial charge in [0.1, 0.15) is 0 Å². The number of carbonyl (C=O) groups is 1. The van der Waals surface area contributed by atoms with Crippen LogP contribution >= 0.6 is 11.6 Å². The Bertz CT molecular complexity index is 993. The third-order valence-corrected chi connectivity index (χ3v) is 5.66. The Labute approximate surface area is 158 Å². The first-order chi connectivity index (χ1) is 12.6. The van der Waals surface area contributed by atoms with Crippen LogP contribution < -0.4 is 4.72 Å². The molecule has 2 aromatic rings. The molecule has 10 heteroatoms. The third kappa shape index (κ3) is 3.89. The van der Waals surface area contributed by atoms with Crippen LogP contribution in [0, 0.1) is 0 Å². The minimum absolute atomic E-state index is 0.0593. The summed E-state index contributed by atoms with van der Waals surface area (Å²) in [6.07, 6.45) is 0.579. The van der Waals surface area contributed by atoms with Gasteiger partial charge in [0.05, 0.1) is 5.69 Å². The Balaban J connectivity index is 1.91. The van der Waals surface area contributed by atoms with Gasteiger partial charge in [0, 0.05) is 29.2 Å². The lowest BCUT2D eigenvalue weighted by Gasteiger charge is -2.29. The summed E-state index contributed by atoms with van der Waals surface area (Å²) in [5, 5.41) is 0.0593. The van der Waals surface area contributed by atoms with Gasteiger partial charge in [0.15, 0.2) is 0 Å². The molecule has 0 radical (unpaired) electrons. The van der Waals surface area contributed by atoms with Crippen LogP contribution in [-0.2, 0) is 23.0 Å². The zero-order valence-electron chi connectivity index (χ0n) is 13.8. The summed E-state index contributed by atoms with van der Waals surface area (Å²) >= 11 is 6.09. The van der Waals surface area contributed by atoms with Crippen LogP contribution in [0.15, 0.2) is 42.5 Å². The lowest BCUT2D eigenvalue weighted by Crippen LogP contribution is -2.37. The monoisotopic (exact) mass is 418 g/mol. The molecule has 0 aromatic heterocycles. The first-order valence-electron chi connectivity index (χ1n) is 7.84. The number of alkyl halides is 3. The van der Waals surface area contributed by atoms with E-state index in [9.17, 15) is 26.4 Å². The van der Waals surface area contributed by atoms with E-state index in [1.54, 1.807) is 12.1 Å². The predicted octanol–water partition coefficient (Wildman–Crippen LogP) is 3.80. The number of amides is 1. The van der Waals surface area contributed by atoms with Crippen LogP contribution in [-0.4, -0.2) is 31.3 Å². The number of rotatable bonds is 4. The Kier molecular flexibility index (Phi) is 5.09. The smallest absolute Gasteiger partial charge is 0.334 e. The van der Waals surface area contributed by atoms with Crippen LogP contribution in [0.2, 0.25) is 5.02 Å². The van der Waals surface area contributed by atoms with Crippen molar-refractivity contribution in [1.82, 2.24) is 4.90 Å². The fraction of sp³-hybridized carbons (Fsp3) is 0.235. The Morgan fingerprint density at radius 3 is 2.52 bits per heavy atom. The van der Waals surface area contributed by atoms with E-state index in [4.69, 9.17) is 11.6 Å². The quantitative estimate of drug-likeness (QED) is 0.821. The second kappa shape index (κ2) is 7.05. The van der Waals surface area contributed by atoms with E-state index in [2.05, 4.69) is 0 Å². The number of anilines is 1. The fourth-order valence-electron chi connectivity index (χ4n) is 2.83. The molecule has 5 nitrogen and oxygen atoms in total. The van der Waals surface area contributed by atoms with Crippen molar-refractivity contribution in [1.29, 1.82) is 0 Å². The minimum Gasteiger partial charge on any atom is -0.334 e. The van der Waals surface area contributed by atoms with Crippen LogP contribution in [0.3, 0.4) is 0 Å². The van der Waals surface area contributed by atoms with E-state index in [0.29, 0.717) is 18.5 Å². The molecule has 0 spiro atoms. The van der Waals surface area contributed by atoms with E-state index < -0.39 is 15.5 Å². The summed E-state index contributed by atoms with van der Waals surface area (Å²) < 4.78 is 62.5. The van der Waals surface area contributed by atoms with Crippen LogP contribution in [0.4, 0.5) is 18.9 Å². The molecule has 0 fully saturated rings. The number of sulfonamides is 1. The van der Waals surface area contributed by atoms with Gasteiger partial charge in [-0.05, 0) is 30.2 Å². The lowest BCUT2D eigenvalue weighted by atomic mass is 9.98. The minimum atomic E-state index is -5.61. The summed E-state index contributed by atoms with van der Waals surface area (Å²) in [5.74, 6) is -0.290. The molecule has 2 aromatic carbocycles. The molecule has 3 rings (SSSR count). The molecule has 0 unspecified atom stereocenters. The first kappa shape index (κ1) is 19.5. The number of nitrogens with one attached hydrogen (secondary N) is 1. The summed E-state index contributed by atoms with van der Waals surface area (Å²) in [7, 11) is -5.61. The molecule has 0 saturated heterocycles. The maximum absolute atomic E-state index is 12.7.